The third-order valence-electron chi connectivity index (χ3n) is 5.20. The predicted molar refractivity (Wildman–Crippen MR) is 121 cm³/mol. The molecule has 0 spiro atoms. The number of aromatic nitrogens is 1. The Morgan fingerprint density at radius 3 is 2.10 bits per heavy atom. The summed E-state index contributed by atoms with van der Waals surface area (Å²) in [7, 11) is 0.885. The number of ether oxygens (including phenoxy) is 2. The van der Waals surface area contributed by atoms with Crippen molar-refractivity contribution in [1.29, 1.82) is 0 Å². The van der Waals surface area contributed by atoms with Gasteiger partial charge in [-0.15, -0.1) is 11.5 Å². The van der Waals surface area contributed by atoms with Crippen LogP contribution in [-0.4, -0.2) is 38.8 Å². The molecule has 0 bridgehead atoms. The van der Waals surface area contributed by atoms with E-state index in [0.717, 1.165) is 16.8 Å². The molecule has 0 aliphatic carbocycles. The Bertz CT molecular complexity index is 958. The lowest BCUT2D eigenvalue weighted by Gasteiger charge is -2.27. The molecule has 0 saturated carbocycles. The molecule has 0 saturated heterocycles. The van der Waals surface area contributed by atoms with Crippen LogP contribution in [0.4, 0.5) is 0 Å². The van der Waals surface area contributed by atoms with Crippen molar-refractivity contribution in [2.75, 3.05) is 14.2 Å². The van der Waals surface area contributed by atoms with Crippen LogP contribution in [0.15, 0.2) is 36.5 Å². The molecule has 1 aromatic carbocycles. The number of esters is 2. The minimum Gasteiger partial charge on any atom is -0.468 e. The van der Waals surface area contributed by atoms with Gasteiger partial charge in [0.25, 0.3) is 0 Å². The van der Waals surface area contributed by atoms with Crippen LogP contribution in [0.3, 0.4) is 0 Å². The number of hydrogen-bond donors (Lipinski definition) is 0. The minimum atomic E-state index is -1.69. The van der Waals surface area contributed by atoms with Crippen molar-refractivity contribution in [3.63, 3.8) is 0 Å². The molecule has 0 fully saturated rings. The van der Waals surface area contributed by atoms with Crippen molar-refractivity contribution in [2.45, 2.75) is 51.9 Å². The molecule has 0 aliphatic heterocycles. The van der Waals surface area contributed by atoms with E-state index in [1.807, 2.05) is 54.9 Å². The summed E-state index contributed by atoms with van der Waals surface area (Å²) < 4.78 is 12.2. The number of rotatable bonds is 6. The van der Waals surface area contributed by atoms with Crippen LogP contribution in [0.1, 0.15) is 28.8 Å². The number of carbonyl (C=O) groups is 2. The summed E-state index contributed by atoms with van der Waals surface area (Å²) in [5.41, 5.74) is 5.18. The van der Waals surface area contributed by atoms with Crippen LogP contribution in [0.2, 0.25) is 19.6 Å². The first-order valence-electron chi connectivity index (χ1n) is 9.94. The predicted octanol–water partition coefficient (Wildman–Crippen LogP) is 4.01. The first-order chi connectivity index (χ1) is 14.1. The Balaban J connectivity index is 2.65. The van der Waals surface area contributed by atoms with E-state index >= 15 is 0 Å². The highest BCUT2D eigenvalue weighted by molar-refractivity contribution is 6.83. The van der Waals surface area contributed by atoms with Gasteiger partial charge in [-0.25, -0.2) is 0 Å². The maximum Gasteiger partial charge on any atom is 0.328 e. The third-order valence-corrected chi connectivity index (χ3v) is 6.13. The van der Waals surface area contributed by atoms with Crippen LogP contribution < -0.4 is 0 Å². The molecule has 0 aliphatic rings. The highest BCUT2D eigenvalue weighted by Gasteiger charge is 2.51. The van der Waals surface area contributed by atoms with E-state index in [0.29, 0.717) is 12.1 Å². The monoisotopic (exact) mass is 425 g/mol. The van der Waals surface area contributed by atoms with Crippen LogP contribution in [0.25, 0.3) is 0 Å². The average Bonchev–Trinajstić information content (AvgIpc) is 2.99. The topological polar surface area (TPSA) is 57.5 Å². The van der Waals surface area contributed by atoms with Gasteiger partial charge in [0.2, 0.25) is 5.41 Å². The van der Waals surface area contributed by atoms with E-state index in [4.69, 9.17) is 9.47 Å². The second-order valence-electron chi connectivity index (χ2n) is 8.48. The molecule has 0 atom stereocenters. The first kappa shape index (κ1) is 23.5. The van der Waals surface area contributed by atoms with E-state index in [-0.39, 0.29) is 6.42 Å². The molecule has 6 heteroatoms. The molecular weight excluding hydrogens is 394 g/mol. The lowest BCUT2D eigenvalue weighted by molar-refractivity contribution is -0.161. The van der Waals surface area contributed by atoms with Crippen LogP contribution in [0, 0.1) is 25.3 Å². The first-order valence-corrected chi connectivity index (χ1v) is 13.4. The fourth-order valence-electron chi connectivity index (χ4n) is 3.47. The van der Waals surface area contributed by atoms with E-state index in [1.54, 1.807) is 0 Å². The summed E-state index contributed by atoms with van der Waals surface area (Å²) in [6.45, 7) is 10.9. The summed E-state index contributed by atoms with van der Waals surface area (Å²) in [5.74, 6) is 1.79. The normalized spacial score (nSPS) is 11.4. The second-order valence-corrected chi connectivity index (χ2v) is 13.2. The van der Waals surface area contributed by atoms with Crippen molar-refractivity contribution >= 4 is 20.0 Å². The van der Waals surface area contributed by atoms with Gasteiger partial charge < -0.3 is 14.0 Å². The Labute approximate surface area is 180 Å². The highest BCUT2D eigenvalue weighted by atomic mass is 28.3. The molecule has 0 unspecified atom stereocenters. The van der Waals surface area contributed by atoms with Gasteiger partial charge >= 0.3 is 11.9 Å². The quantitative estimate of drug-likeness (QED) is 0.304. The molecular formula is C24H31NO4Si. The zero-order valence-corrected chi connectivity index (χ0v) is 20.0. The van der Waals surface area contributed by atoms with E-state index < -0.39 is 25.4 Å². The van der Waals surface area contributed by atoms with Gasteiger partial charge in [-0.2, -0.15) is 0 Å². The van der Waals surface area contributed by atoms with Gasteiger partial charge in [0, 0.05) is 30.4 Å². The number of methoxy groups -OCH3 is 2. The molecule has 0 N–H and O–H groups in total. The number of hydrogen-bond acceptors (Lipinski definition) is 4. The van der Waals surface area contributed by atoms with Gasteiger partial charge in [-0.05, 0) is 25.0 Å². The minimum absolute atomic E-state index is 0.0201. The molecule has 0 radical (unpaired) electrons. The Kier molecular flexibility index (Phi) is 7.33. The van der Waals surface area contributed by atoms with Gasteiger partial charge in [-0.1, -0.05) is 50.0 Å². The Morgan fingerprint density at radius 2 is 1.60 bits per heavy atom. The van der Waals surface area contributed by atoms with Gasteiger partial charge in [0.15, 0.2) is 0 Å². The average molecular weight is 426 g/mol. The smallest absolute Gasteiger partial charge is 0.328 e. The Hall–Kier alpha value is -2.78. The van der Waals surface area contributed by atoms with Crippen molar-refractivity contribution in [3.8, 4) is 11.5 Å². The van der Waals surface area contributed by atoms with Crippen LogP contribution >= 0.6 is 0 Å². The van der Waals surface area contributed by atoms with Crippen molar-refractivity contribution in [3.05, 3.63) is 58.9 Å². The maximum absolute atomic E-state index is 13.0. The number of carbonyl (C=O) groups excluding carboxylic acids is 2. The highest BCUT2D eigenvalue weighted by Crippen LogP contribution is 2.36. The summed E-state index contributed by atoms with van der Waals surface area (Å²) >= 11 is 0. The number of nitrogens with zero attached hydrogens (tertiary/aromatic N) is 1. The zero-order valence-electron chi connectivity index (χ0n) is 19.0. The lowest BCUT2D eigenvalue weighted by Crippen LogP contribution is -2.45. The third kappa shape index (κ3) is 4.85. The maximum atomic E-state index is 13.0. The van der Waals surface area contributed by atoms with Crippen LogP contribution in [0.5, 0.6) is 0 Å². The van der Waals surface area contributed by atoms with Crippen molar-refractivity contribution < 1.29 is 19.1 Å². The largest absolute Gasteiger partial charge is 0.468 e. The molecule has 30 heavy (non-hydrogen) atoms. The van der Waals surface area contributed by atoms with Crippen molar-refractivity contribution in [1.82, 2.24) is 4.57 Å². The summed E-state index contributed by atoms with van der Waals surface area (Å²) in [4.78, 5) is 26.1. The number of benzene rings is 1. The molecule has 2 aromatic rings. The molecule has 2 rings (SSSR count). The second kappa shape index (κ2) is 9.35. The summed E-state index contributed by atoms with van der Waals surface area (Å²) in [6, 6.07) is 10.0. The van der Waals surface area contributed by atoms with E-state index in [2.05, 4.69) is 31.1 Å². The Morgan fingerprint density at radius 1 is 1.03 bits per heavy atom. The summed E-state index contributed by atoms with van der Waals surface area (Å²) in [5, 5.41) is 0. The van der Waals surface area contributed by atoms with E-state index in [9.17, 15) is 9.59 Å². The fourth-order valence-corrected chi connectivity index (χ4v) is 4.09. The molecule has 1 aromatic heterocycles. The molecule has 160 valence electrons. The summed E-state index contributed by atoms with van der Waals surface area (Å²) in [6.07, 6.45) is 1.88. The standard InChI is InChI=1S/C24H31NO4Si/c1-18-19(2)25(16-20-12-9-8-10-13-20)17-21(18)24(22(26)28-3,23(27)29-4)14-11-15-30(5,6)7/h8-10,12-13,17H,14,16H2,1-7H3. The van der Waals surface area contributed by atoms with Gasteiger partial charge in [0.1, 0.15) is 8.07 Å². The fraction of sp³-hybridized carbons (Fsp3) is 0.417. The zero-order chi connectivity index (χ0) is 22.5. The lowest BCUT2D eigenvalue weighted by atomic mass is 9.77. The molecule has 0 amide bonds. The van der Waals surface area contributed by atoms with Gasteiger partial charge in [-0.3, -0.25) is 9.59 Å². The van der Waals surface area contributed by atoms with E-state index in [1.165, 1.54) is 14.2 Å². The molecule has 5 nitrogen and oxygen atoms in total. The molecule has 1 heterocycles. The SMILES string of the molecule is COC(=O)C(CC#C[Si](C)(C)C)(C(=O)OC)c1cn(Cc2ccccc2)c(C)c1C. The van der Waals surface area contributed by atoms with Crippen molar-refractivity contribution in [2.24, 2.45) is 0 Å². The van der Waals surface area contributed by atoms with Crippen LogP contribution in [-0.2, 0) is 31.0 Å². The van der Waals surface area contributed by atoms with Gasteiger partial charge in [0.05, 0.1) is 14.2 Å².